The summed E-state index contributed by atoms with van der Waals surface area (Å²) in [6, 6.07) is 0.789. The molecular weight excluding hydrogens is 154 g/mol. The Labute approximate surface area is 73.9 Å². The van der Waals surface area contributed by atoms with E-state index in [1.807, 2.05) is 11.8 Å². The van der Waals surface area contributed by atoms with E-state index >= 15 is 0 Å². The van der Waals surface area contributed by atoms with Crippen LogP contribution in [0, 0.1) is 5.92 Å². The molecule has 0 amide bonds. The van der Waals surface area contributed by atoms with Crippen molar-refractivity contribution in [3.8, 4) is 0 Å². The van der Waals surface area contributed by atoms with E-state index in [1.165, 1.54) is 12.2 Å². The van der Waals surface area contributed by atoms with E-state index < -0.39 is 0 Å². The lowest BCUT2D eigenvalue weighted by molar-refractivity contribution is -0.529. The minimum atomic E-state index is 0.710. The summed E-state index contributed by atoms with van der Waals surface area (Å²) in [7, 11) is 2.23. The van der Waals surface area contributed by atoms with Crippen LogP contribution in [0.4, 0.5) is 0 Å². The third-order valence-electron chi connectivity index (χ3n) is 2.28. The van der Waals surface area contributed by atoms with Crippen molar-refractivity contribution in [3.63, 3.8) is 0 Å². The lowest BCUT2D eigenvalue weighted by Crippen LogP contribution is -2.23. The Morgan fingerprint density at radius 3 is 2.55 bits per heavy atom. The smallest absolute Gasteiger partial charge is 0.213 e. The van der Waals surface area contributed by atoms with Crippen molar-refractivity contribution >= 4 is 16.8 Å². The van der Waals surface area contributed by atoms with Gasteiger partial charge < -0.3 is 0 Å². The van der Waals surface area contributed by atoms with Crippen LogP contribution in [0.3, 0.4) is 0 Å². The van der Waals surface area contributed by atoms with Gasteiger partial charge in [0.2, 0.25) is 5.04 Å². The fourth-order valence-corrected chi connectivity index (χ4v) is 3.05. The molecule has 2 heteroatoms. The molecule has 1 rings (SSSR count). The zero-order valence-corrected chi connectivity index (χ0v) is 8.74. The van der Waals surface area contributed by atoms with Crippen molar-refractivity contribution in [1.82, 2.24) is 0 Å². The zero-order valence-electron chi connectivity index (χ0n) is 7.92. The summed E-state index contributed by atoms with van der Waals surface area (Å²) in [6.45, 7) is 6.82. The summed E-state index contributed by atoms with van der Waals surface area (Å²) in [5.41, 5.74) is 0. The standard InChI is InChI=1S/C9H18NS/c1-5-8-6-11-9(7(2)3)10(8)4/h7-8H,5-6H2,1-4H3/q+1. The van der Waals surface area contributed by atoms with E-state index in [0.717, 1.165) is 6.04 Å². The second-order valence-electron chi connectivity index (χ2n) is 3.48. The first-order valence-corrected chi connectivity index (χ1v) is 5.37. The molecule has 1 atom stereocenters. The molecule has 1 nitrogen and oxygen atoms in total. The third kappa shape index (κ3) is 1.78. The summed E-state index contributed by atoms with van der Waals surface area (Å²) >= 11 is 2.03. The van der Waals surface area contributed by atoms with Gasteiger partial charge in [-0.2, -0.15) is 0 Å². The van der Waals surface area contributed by atoms with Gasteiger partial charge in [0, 0.05) is 12.3 Å². The summed E-state index contributed by atoms with van der Waals surface area (Å²) in [5, 5.41) is 1.57. The predicted octanol–water partition coefficient (Wildman–Crippen LogP) is 2.21. The van der Waals surface area contributed by atoms with Crippen LogP contribution in [0.15, 0.2) is 0 Å². The van der Waals surface area contributed by atoms with Gasteiger partial charge in [-0.15, -0.1) is 0 Å². The Hall–Kier alpha value is 0.0200. The molecule has 1 heterocycles. The summed E-state index contributed by atoms with van der Waals surface area (Å²) in [5.74, 6) is 2.00. The molecule has 0 N–H and O–H groups in total. The minimum absolute atomic E-state index is 0.710. The first-order valence-electron chi connectivity index (χ1n) is 4.39. The quantitative estimate of drug-likeness (QED) is 0.577. The highest BCUT2D eigenvalue weighted by molar-refractivity contribution is 8.13. The number of rotatable bonds is 2. The molecule has 0 aromatic carbocycles. The van der Waals surface area contributed by atoms with Crippen LogP contribution in [-0.2, 0) is 0 Å². The molecule has 0 saturated heterocycles. The fourth-order valence-electron chi connectivity index (χ4n) is 1.54. The number of hydrogen-bond acceptors (Lipinski definition) is 1. The van der Waals surface area contributed by atoms with Gasteiger partial charge in [-0.1, -0.05) is 32.5 Å². The molecule has 64 valence electrons. The van der Waals surface area contributed by atoms with Gasteiger partial charge in [-0.3, -0.25) is 0 Å². The van der Waals surface area contributed by atoms with Crippen LogP contribution in [0.5, 0.6) is 0 Å². The first kappa shape index (κ1) is 9.11. The number of thioether (sulfide) groups is 1. The zero-order chi connectivity index (χ0) is 8.43. The summed E-state index contributed by atoms with van der Waals surface area (Å²) in [6.07, 6.45) is 1.28. The van der Waals surface area contributed by atoms with Gasteiger partial charge in [0.1, 0.15) is 7.05 Å². The van der Waals surface area contributed by atoms with Crippen LogP contribution in [-0.4, -0.2) is 28.5 Å². The van der Waals surface area contributed by atoms with Gasteiger partial charge >= 0.3 is 0 Å². The molecule has 1 aliphatic rings. The van der Waals surface area contributed by atoms with Gasteiger partial charge in [0.25, 0.3) is 0 Å². The van der Waals surface area contributed by atoms with E-state index in [0.29, 0.717) is 5.92 Å². The van der Waals surface area contributed by atoms with Crippen molar-refractivity contribution in [1.29, 1.82) is 0 Å². The van der Waals surface area contributed by atoms with Crippen LogP contribution in [0.1, 0.15) is 27.2 Å². The second-order valence-corrected chi connectivity index (χ2v) is 4.52. The van der Waals surface area contributed by atoms with Crippen molar-refractivity contribution in [2.24, 2.45) is 5.92 Å². The second kappa shape index (κ2) is 3.61. The predicted molar refractivity (Wildman–Crippen MR) is 52.6 cm³/mol. The van der Waals surface area contributed by atoms with Gasteiger partial charge in [-0.05, 0) is 0 Å². The normalized spacial score (nSPS) is 25.4. The van der Waals surface area contributed by atoms with E-state index in [9.17, 15) is 0 Å². The molecule has 0 spiro atoms. The number of nitrogens with zero attached hydrogens (tertiary/aromatic N) is 1. The van der Waals surface area contributed by atoms with E-state index in [2.05, 4.69) is 32.4 Å². The topological polar surface area (TPSA) is 3.01 Å². The Morgan fingerprint density at radius 1 is 1.64 bits per heavy atom. The van der Waals surface area contributed by atoms with E-state index in [4.69, 9.17) is 0 Å². The molecular formula is C9H18NS+. The maximum absolute atomic E-state index is 2.45. The van der Waals surface area contributed by atoms with Gasteiger partial charge in [0.05, 0.1) is 5.75 Å². The van der Waals surface area contributed by atoms with Gasteiger partial charge in [0.15, 0.2) is 6.04 Å². The van der Waals surface area contributed by atoms with Crippen molar-refractivity contribution < 1.29 is 4.58 Å². The SMILES string of the molecule is CCC1CSC(C(C)C)=[N+]1C. The average molecular weight is 172 g/mol. The monoisotopic (exact) mass is 172 g/mol. The molecule has 1 unspecified atom stereocenters. The van der Waals surface area contributed by atoms with E-state index in [-0.39, 0.29) is 0 Å². The highest BCUT2D eigenvalue weighted by atomic mass is 32.2. The lowest BCUT2D eigenvalue weighted by Gasteiger charge is -2.03. The largest absolute Gasteiger partial charge is 0.227 e. The van der Waals surface area contributed by atoms with Crippen molar-refractivity contribution in [3.05, 3.63) is 0 Å². The molecule has 0 fully saturated rings. The maximum Gasteiger partial charge on any atom is 0.213 e. The molecule has 1 aliphatic heterocycles. The Morgan fingerprint density at radius 2 is 2.27 bits per heavy atom. The van der Waals surface area contributed by atoms with Crippen molar-refractivity contribution in [2.45, 2.75) is 33.2 Å². The first-order chi connectivity index (χ1) is 5.16. The fraction of sp³-hybridized carbons (Fsp3) is 0.889. The average Bonchev–Trinajstić information content (AvgIpc) is 2.30. The van der Waals surface area contributed by atoms with Crippen LogP contribution >= 0.6 is 11.8 Å². The summed E-state index contributed by atoms with van der Waals surface area (Å²) in [4.78, 5) is 0. The molecule has 0 bridgehead atoms. The van der Waals surface area contributed by atoms with Crippen LogP contribution < -0.4 is 0 Å². The maximum atomic E-state index is 2.45. The summed E-state index contributed by atoms with van der Waals surface area (Å²) < 4.78 is 2.45. The third-order valence-corrected chi connectivity index (χ3v) is 3.89. The highest BCUT2D eigenvalue weighted by Crippen LogP contribution is 2.23. The molecule has 0 aromatic rings. The Kier molecular flexibility index (Phi) is 2.99. The number of hydrogen-bond donors (Lipinski definition) is 0. The molecule has 0 aromatic heterocycles. The Bertz CT molecular complexity index is 172. The molecule has 0 aliphatic carbocycles. The van der Waals surface area contributed by atoms with E-state index in [1.54, 1.807) is 5.04 Å². The Balaban J connectivity index is 2.72. The molecule has 0 radical (unpaired) electrons. The molecule has 0 saturated carbocycles. The van der Waals surface area contributed by atoms with Crippen LogP contribution in [0.2, 0.25) is 0 Å². The molecule has 11 heavy (non-hydrogen) atoms. The highest BCUT2D eigenvalue weighted by Gasteiger charge is 2.30. The van der Waals surface area contributed by atoms with Crippen LogP contribution in [0.25, 0.3) is 0 Å². The van der Waals surface area contributed by atoms with Crippen molar-refractivity contribution in [2.75, 3.05) is 12.8 Å². The minimum Gasteiger partial charge on any atom is -0.227 e. The van der Waals surface area contributed by atoms with Gasteiger partial charge in [-0.25, -0.2) is 4.58 Å². The lowest BCUT2D eigenvalue weighted by atomic mass is 10.2.